The van der Waals surface area contributed by atoms with Crippen molar-refractivity contribution in [3.63, 3.8) is 0 Å². The van der Waals surface area contributed by atoms with Crippen molar-refractivity contribution in [1.82, 2.24) is 0 Å². The maximum absolute atomic E-state index is 12.7. The van der Waals surface area contributed by atoms with Crippen LogP contribution in [0.3, 0.4) is 0 Å². The van der Waals surface area contributed by atoms with Crippen molar-refractivity contribution >= 4 is 17.7 Å². The molecule has 8 nitrogen and oxygen atoms in total. The Morgan fingerprint density at radius 3 is 2.36 bits per heavy atom. The minimum Gasteiger partial charge on any atom is -0.507 e. The number of carboxylic acid groups (broad SMARTS) is 1. The molecular weight excluding hydrogens is 500 g/mol. The largest absolute Gasteiger partial charge is 0.507 e. The van der Waals surface area contributed by atoms with Crippen molar-refractivity contribution in [2.24, 2.45) is 0 Å². The van der Waals surface area contributed by atoms with Crippen LogP contribution in [0.15, 0.2) is 42.5 Å². The SMILES string of the molecule is CCc1cc(C(C)=O)c(O)cc1OC(CCCC(C)OCCCCCC(=O)O)OC(=O)CCc1ccccc1. The third-order valence-corrected chi connectivity index (χ3v) is 6.41. The maximum Gasteiger partial charge on any atom is 0.309 e. The Bertz CT molecular complexity index is 1050. The highest BCUT2D eigenvalue weighted by molar-refractivity contribution is 5.97. The molecule has 0 saturated heterocycles. The minimum atomic E-state index is -0.857. The zero-order valence-corrected chi connectivity index (χ0v) is 23.3. The second-order valence-electron chi connectivity index (χ2n) is 9.73. The number of rotatable bonds is 19. The number of esters is 1. The number of aryl methyl sites for hydroxylation is 2. The lowest BCUT2D eigenvalue weighted by Crippen LogP contribution is -2.25. The van der Waals surface area contributed by atoms with E-state index < -0.39 is 12.3 Å². The molecule has 214 valence electrons. The molecular formula is C31H42O8. The third kappa shape index (κ3) is 12.3. The molecule has 0 aliphatic heterocycles. The van der Waals surface area contributed by atoms with Gasteiger partial charge in [0.15, 0.2) is 5.78 Å². The Labute approximate surface area is 231 Å². The highest BCUT2D eigenvalue weighted by Crippen LogP contribution is 2.31. The molecule has 0 aliphatic carbocycles. The van der Waals surface area contributed by atoms with Gasteiger partial charge in [-0.05, 0) is 69.6 Å². The van der Waals surface area contributed by atoms with Crippen LogP contribution in [0.4, 0.5) is 0 Å². The molecule has 0 aliphatic rings. The highest BCUT2D eigenvalue weighted by Gasteiger charge is 2.20. The van der Waals surface area contributed by atoms with Gasteiger partial charge in [0, 0.05) is 31.9 Å². The van der Waals surface area contributed by atoms with Crippen molar-refractivity contribution in [3.8, 4) is 11.5 Å². The van der Waals surface area contributed by atoms with Crippen molar-refractivity contribution < 1.29 is 38.8 Å². The smallest absolute Gasteiger partial charge is 0.309 e. The average Bonchev–Trinajstić information content (AvgIpc) is 2.89. The van der Waals surface area contributed by atoms with E-state index in [4.69, 9.17) is 19.3 Å². The van der Waals surface area contributed by atoms with Crippen LogP contribution in [-0.4, -0.2) is 46.9 Å². The number of unbranched alkanes of at least 4 members (excludes halogenated alkanes) is 2. The van der Waals surface area contributed by atoms with Gasteiger partial charge in [0.05, 0.1) is 11.7 Å². The second-order valence-corrected chi connectivity index (χ2v) is 9.73. The van der Waals surface area contributed by atoms with Crippen LogP contribution < -0.4 is 4.74 Å². The molecule has 0 radical (unpaired) electrons. The molecule has 0 fully saturated rings. The Kier molecular flexibility index (Phi) is 14.1. The van der Waals surface area contributed by atoms with E-state index in [-0.39, 0.29) is 42.0 Å². The van der Waals surface area contributed by atoms with E-state index in [0.29, 0.717) is 44.5 Å². The van der Waals surface area contributed by atoms with Gasteiger partial charge in [-0.1, -0.05) is 43.7 Å². The summed E-state index contributed by atoms with van der Waals surface area (Å²) in [4.78, 5) is 35.1. The van der Waals surface area contributed by atoms with Crippen LogP contribution in [0.1, 0.15) is 93.6 Å². The summed E-state index contributed by atoms with van der Waals surface area (Å²) in [5, 5.41) is 19.1. The lowest BCUT2D eigenvalue weighted by atomic mass is 10.0. The van der Waals surface area contributed by atoms with Crippen LogP contribution in [0.25, 0.3) is 0 Å². The number of Topliss-reactive ketones (excluding diaryl/α,β-unsaturated/α-hetero) is 1. The summed E-state index contributed by atoms with van der Waals surface area (Å²) in [6.07, 6.45) is 4.74. The number of phenols is 1. The molecule has 0 amide bonds. The molecule has 8 heteroatoms. The number of carbonyl (C=O) groups excluding carboxylic acids is 2. The predicted molar refractivity (Wildman–Crippen MR) is 148 cm³/mol. The highest BCUT2D eigenvalue weighted by atomic mass is 16.7. The molecule has 2 aromatic carbocycles. The summed E-state index contributed by atoms with van der Waals surface area (Å²) in [6, 6.07) is 12.7. The van der Waals surface area contributed by atoms with Crippen LogP contribution in [-0.2, 0) is 31.9 Å². The number of phenolic OH excluding ortho intramolecular Hbond substituents is 1. The third-order valence-electron chi connectivity index (χ3n) is 6.41. The van der Waals surface area contributed by atoms with Crippen LogP contribution in [0.2, 0.25) is 0 Å². The Hall–Kier alpha value is -3.39. The summed E-state index contributed by atoms with van der Waals surface area (Å²) in [5.41, 5.74) is 2.01. The number of benzene rings is 2. The van der Waals surface area contributed by atoms with Gasteiger partial charge in [0.25, 0.3) is 0 Å². The van der Waals surface area contributed by atoms with E-state index in [9.17, 15) is 19.5 Å². The van der Waals surface area contributed by atoms with Gasteiger partial charge in [-0.15, -0.1) is 0 Å². The molecule has 39 heavy (non-hydrogen) atoms. The van der Waals surface area contributed by atoms with E-state index in [0.717, 1.165) is 30.4 Å². The Morgan fingerprint density at radius 1 is 0.949 bits per heavy atom. The predicted octanol–water partition coefficient (Wildman–Crippen LogP) is 6.26. The van der Waals surface area contributed by atoms with Crippen LogP contribution >= 0.6 is 0 Å². The normalized spacial score (nSPS) is 12.5. The van der Waals surface area contributed by atoms with E-state index in [2.05, 4.69) is 0 Å². The first-order chi connectivity index (χ1) is 18.7. The Balaban J connectivity index is 1.96. The van der Waals surface area contributed by atoms with Crippen molar-refractivity contribution in [2.45, 2.75) is 97.4 Å². The average molecular weight is 543 g/mol. The molecule has 2 aromatic rings. The summed E-state index contributed by atoms with van der Waals surface area (Å²) in [5.74, 6) is -1.19. The molecule has 2 unspecified atom stereocenters. The summed E-state index contributed by atoms with van der Waals surface area (Å²) < 4.78 is 17.7. The summed E-state index contributed by atoms with van der Waals surface area (Å²) in [7, 11) is 0. The number of carboxylic acids is 1. The van der Waals surface area contributed by atoms with Gasteiger partial charge in [0.2, 0.25) is 6.29 Å². The number of hydrogen-bond acceptors (Lipinski definition) is 7. The van der Waals surface area contributed by atoms with Gasteiger partial charge in [-0.2, -0.15) is 0 Å². The fourth-order valence-electron chi connectivity index (χ4n) is 4.16. The van der Waals surface area contributed by atoms with Gasteiger partial charge in [-0.3, -0.25) is 14.4 Å². The van der Waals surface area contributed by atoms with Gasteiger partial charge in [0.1, 0.15) is 11.5 Å². The quantitative estimate of drug-likeness (QED) is 0.0924. The van der Waals surface area contributed by atoms with Gasteiger partial charge >= 0.3 is 11.9 Å². The standard InChI is InChI=1S/C31H42O8/c1-4-25-20-26(23(3)32)27(33)21-28(25)38-31(39-30(36)18-17-24-13-7-5-8-14-24)16-11-12-22(2)37-19-10-6-9-15-29(34)35/h5,7-8,13-14,20-22,31,33H,4,6,9-12,15-19H2,1-3H3,(H,34,35). The zero-order valence-electron chi connectivity index (χ0n) is 23.3. The molecule has 2 N–H and O–H groups in total. The van der Waals surface area contributed by atoms with Gasteiger partial charge < -0.3 is 24.4 Å². The van der Waals surface area contributed by atoms with Crippen molar-refractivity contribution in [1.29, 1.82) is 0 Å². The van der Waals surface area contributed by atoms with Gasteiger partial charge in [-0.25, -0.2) is 0 Å². The summed E-state index contributed by atoms with van der Waals surface area (Å²) >= 11 is 0. The summed E-state index contributed by atoms with van der Waals surface area (Å²) in [6.45, 7) is 5.86. The first kappa shape index (κ1) is 31.8. The number of aromatic hydroxyl groups is 1. The van der Waals surface area contributed by atoms with E-state index in [1.54, 1.807) is 6.07 Å². The van der Waals surface area contributed by atoms with Crippen molar-refractivity contribution in [2.75, 3.05) is 6.61 Å². The minimum absolute atomic E-state index is 0.0102. The molecule has 0 heterocycles. The van der Waals surface area contributed by atoms with E-state index >= 15 is 0 Å². The van der Waals surface area contributed by atoms with E-state index in [1.807, 2.05) is 44.2 Å². The molecule has 0 spiro atoms. The number of ketones is 1. The first-order valence-electron chi connectivity index (χ1n) is 13.8. The first-order valence-corrected chi connectivity index (χ1v) is 13.8. The van der Waals surface area contributed by atoms with E-state index in [1.165, 1.54) is 13.0 Å². The monoisotopic (exact) mass is 542 g/mol. The van der Waals surface area contributed by atoms with Crippen molar-refractivity contribution in [3.05, 3.63) is 59.2 Å². The zero-order chi connectivity index (χ0) is 28.6. The number of ether oxygens (including phenoxy) is 3. The Morgan fingerprint density at radius 2 is 1.69 bits per heavy atom. The lowest BCUT2D eigenvalue weighted by Gasteiger charge is -2.22. The molecule has 0 aromatic heterocycles. The van der Waals surface area contributed by atoms with Crippen LogP contribution in [0, 0.1) is 0 Å². The maximum atomic E-state index is 12.7. The fraction of sp³-hybridized carbons (Fsp3) is 0.516. The second kappa shape index (κ2) is 17.2. The van der Waals surface area contributed by atoms with Crippen LogP contribution in [0.5, 0.6) is 11.5 Å². The molecule has 2 atom stereocenters. The molecule has 0 saturated carbocycles. The topological polar surface area (TPSA) is 119 Å². The number of hydrogen-bond donors (Lipinski definition) is 2. The fourth-order valence-corrected chi connectivity index (χ4v) is 4.16. The lowest BCUT2D eigenvalue weighted by molar-refractivity contribution is -0.164. The number of aliphatic carboxylic acids is 1. The molecule has 2 rings (SSSR count). The number of carbonyl (C=O) groups is 3. The molecule has 0 bridgehead atoms.